The van der Waals surface area contributed by atoms with Crippen LogP contribution in [0.15, 0.2) is 66.7 Å². The Morgan fingerprint density at radius 2 is 1.65 bits per heavy atom. The van der Waals surface area contributed by atoms with Gasteiger partial charge in [-0.05, 0) is 74.7 Å². The molecule has 3 unspecified atom stereocenters. The standard InChI is InChI=1S/C30H39NO3/c1-33-30(32)14-8-3-2-7-13-27-28(31-21-9-10-22-31)19-20-29(27)34-23-24-15-17-26(18-16-24)25-11-5-4-6-12-25/h2-6,11-12,15-18,27-29H,7-10,13-14,19-23H2,1H3. The number of hydrogen-bond donors (Lipinski definition) is 0. The summed E-state index contributed by atoms with van der Waals surface area (Å²) in [5.74, 6) is 0.437. The molecule has 2 aromatic rings. The average Bonchev–Trinajstić information content (AvgIpc) is 3.55. The van der Waals surface area contributed by atoms with Gasteiger partial charge in [0.1, 0.15) is 0 Å². The lowest BCUT2D eigenvalue weighted by atomic mass is 9.94. The van der Waals surface area contributed by atoms with E-state index in [9.17, 15) is 4.79 Å². The minimum absolute atomic E-state index is 0.139. The summed E-state index contributed by atoms with van der Waals surface area (Å²) in [4.78, 5) is 14.0. The topological polar surface area (TPSA) is 38.8 Å². The lowest BCUT2D eigenvalue weighted by Crippen LogP contribution is -2.38. The molecular formula is C30H39NO3. The predicted molar refractivity (Wildman–Crippen MR) is 137 cm³/mol. The Hall–Kier alpha value is -2.43. The molecule has 182 valence electrons. The summed E-state index contributed by atoms with van der Waals surface area (Å²) >= 11 is 0. The molecule has 4 rings (SSSR count). The summed E-state index contributed by atoms with van der Waals surface area (Å²) in [6.45, 7) is 3.16. The average molecular weight is 462 g/mol. The highest BCUT2D eigenvalue weighted by atomic mass is 16.5. The summed E-state index contributed by atoms with van der Waals surface area (Å²) < 4.78 is 11.3. The van der Waals surface area contributed by atoms with Gasteiger partial charge in [-0.3, -0.25) is 4.79 Å². The van der Waals surface area contributed by atoms with Crippen molar-refractivity contribution in [2.24, 2.45) is 5.92 Å². The first-order valence-electron chi connectivity index (χ1n) is 13.0. The van der Waals surface area contributed by atoms with Crippen LogP contribution in [-0.4, -0.2) is 43.2 Å². The molecule has 1 saturated heterocycles. The molecule has 4 heteroatoms. The number of methoxy groups -OCH3 is 1. The maximum atomic E-state index is 11.3. The maximum Gasteiger partial charge on any atom is 0.305 e. The van der Waals surface area contributed by atoms with Crippen LogP contribution in [0.1, 0.15) is 56.9 Å². The predicted octanol–water partition coefficient (Wildman–Crippen LogP) is 6.40. The van der Waals surface area contributed by atoms with Crippen molar-refractivity contribution in [1.29, 1.82) is 0 Å². The van der Waals surface area contributed by atoms with Crippen LogP contribution in [0, 0.1) is 5.92 Å². The number of ether oxygens (including phenoxy) is 2. The number of allylic oxidation sites excluding steroid dienone is 2. The van der Waals surface area contributed by atoms with E-state index in [1.165, 1.54) is 56.2 Å². The number of rotatable bonds is 11. The number of nitrogens with zero attached hydrogens (tertiary/aromatic N) is 1. The maximum absolute atomic E-state index is 11.3. The lowest BCUT2D eigenvalue weighted by molar-refractivity contribution is -0.140. The third-order valence-electron chi connectivity index (χ3n) is 7.43. The molecule has 1 aliphatic carbocycles. The second-order valence-electron chi connectivity index (χ2n) is 9.63. The summed E-state index contributed by atoms with van der Waals surface area (Å²) in [5, 5.41) is 0. The van der Waals surface area contributed by atoms with Gasteiger partial charge in [0.15, 0.2) is 0 Å². The van der Waals surface area contributed by atoms with Crippen molar-refractivity contribution in [3.63, 3.8) is 0 Å². The van der Waals surface area contributed by atoms with E-state index in [4.69, 9.17) is 9.47 Å². The largest absolute Gasteiger partial charge is 0.469 e. The van der Waals surface area contributed by atoms with Crippen molar-refractivity contribution >= 4 is 5.97 Å². The molecule has 34 heavy (non-hydrogen) atoms. The summed E-state index contributed by atoms with van der Waals surface area (Å²) in [7, 11) is 1.45. The SMILES string of the molecule is COC(=O)CCC=CCCC1C(OCc2ccc(-c3ccccc3)cc2)CCC1N1CCCC1. The number of likely N-dealkylation sites (tertiary alicyclic amines) is 1. The minimum atomic E-state index is -0.139. The van der Waals surface area contributed by atoms with Crippen LogP contribution in [0.25, 0.3) is 11.1 Å². The molecule has 0 spiro atoms. The first-order valence-corrected chi connectivity index (χ1v) is 13.0. The number of esters is 1. The smallest absolute Gasteiger partial charge is 0.305 e. The van der Waals surface area contributed by atoms with Crippen molar-refractivity contribution < 1.29 is 14.3 Å². The Bertz CT molecular complexity index is 902. The molecule has 1 heterocycles. The van der Waals surface area contributed by atoms with Crippen LogP contribution in [0.5, 0.6) is 0 Å². The van der Waals surface area contributed by atoms with Crippen LogP contribution in [-0.2, 0) is 20.9 Å². The van der Waals surface area contributed by atoms with E-state index in [1.54, 1.807) is 0 Å². The van der Waals surface area contributed by atoms with Gasteiger partial charge in [-0.15, -0.1) is 0 Å². The van der Waals surface area contributed by atoms with E-state index in [2.05, 4.69) is 71.6 Å². The quantitative estimate of drug-likeness (QED) is 0.287. The fourth-order valence-corrected chi connectivity index (χ4v) is 5.58. The van der Waals surface area contributed by atoms with Crippen molar-refractivity contribution in [3.05, 3.63) is 72.3 Å². The van der Waals surface area contributed by atoms with Gasteiger partial charge in [0, 0.05) is 18.4 Å². The molecule has 0 amide bonds. The third-order valence-corrected chi connectivity index (χ3v) is 7.43. The van der Waals surface area contributed by atoms with Gasteiger partial charge in [-0.25, -0.2) is 0 Å². The Morgan fingerprint density at radius 3 is 2.38 bits per heavy atom. The van der Waals surface area contributed by atoms with Crippen molar-refractivity contribution in [3.8, 4) is 11.1 Å². The molecular weight excluding hydrogens is 422 g/mol. The summed E-state index contributed by atoms with van der Waals surface area (Å²) in [6.07, 6.45) is 13.1. The Morgan fingerprint density at radius 1 is 0.941 bits per heavy atom. The zero-order valence-corrected chi connectivity index (χ0v) is 20.5. The van der Waals surface area contributed by atoms with E-state index in [0.29, 0.717) is 31.1 Å². The Labute approximate surface area is 205 Å². The van der Waals surface area contributed by atoms with Gasteiger partial charge >= 0.3 is 5.97 Å². The molecule has 0 N–H and O–H groups in total. The van der Waals surface area contributed by atoms with Gasteiger partial charge in [-0.2, -0.15) is 0 Å². The molecule has 0 bridgehead atoms. The highest BCUT2D eigenvalue weighted by Crippen LogP contribution is 2.37. The van der Waals surface area contributed by atoms with Crippen LogP contribution >= 0.6 is 0 Å². The summed E-state index contributed by atoms with van der Waals surface area (Å²) in [6, 6.07) is 20.0. The number of carbonyl (C=O) groups is 1. The van der Waals surface area contributed by atoms with E-state index < -0.39 is 0 Å². The molecule has 2 aliphatic rings. The van der Waals surface area contributed by atoms with Crippen molar-refractivity contribution in [1.82, 2.24) is 4.90 Å². The van der Waals surface area contributed by atoms with Crippen LogP contribution in [0.2, 0.25) is 0 Å². The molecule has 0 aromatic heterocycles. The highest BCUT2D eigenvalue weighted by Gasteiger charge is 2.40. The normalized spacial score (nSPS) is 23.0. The molecule has 4 nitrogen and oxygen atoms in total. The van der Waals surface area contributed by atoms with Gasteiger partial charge in [0.2, 0.25) is 0 Å². The molecule has 0 radical (unpaired) electrons. The fraction of sp³-hybridized carbons (Fsp3) is 0.500. The first kappa shape index (κ1) is 24.7. The first-order chi connectivity index (χ1) is 16.7. The number of carbonyl (C=O) groups excluding carboxylic acids is 1. The zero-order valence-electron chi connectivity index (χ0n) is 20.5. The second kappa shape index (κ2) is 12.9. The van der Waals surface area contributed by atoms with Gasteiger partial charge in [0.05, 0.1) is 19.8 Å². The summed E-state index contributed by atoms with van der Waals surface area (Å²) in [5.41, 5.74) is 3.74. The lowest BCUT2D eigenvalue weighted by Gasteiger charge is -2.31. The van der Waals surface area contributed by atoms with Crippen LogP contribution < -0.4 is 0 Å². The molecule has 3 atom stereocenters. The van der Waals surface area contributed by atoms with Crippen LogP contribution in [0.3, 0.4) is 0 Å². The van der Waals surface area contributed by atoms with Gasteiger partial charge in [0.25, 0.3) is 0 Å². The Balaban J connectivity index is 1.31. The highest BCUT2D eigenvalue weighted by molar-refractivity contribution is 5.69. The third kappa shape index (κ3) is 6.80. The molecule has 1 saturated carbocycles. The Kier molecular flexibility index (Phi) is 9.35. The van der Waals surface area contributed by atoms with Gasteiger partial charge in [-0.1, -0.05) is 66.7 Å². The zero-order chi connectivity index (χ0) is 23.6. The molecule has 2 aromatic carbocycles. The second-order valence-corrected chi connectivity index (χ2v) is 9.63. The number of benzene rings is 2. The molecule has 2 fully saturated rings. The van der Waals surface area contributed by atoms with Crippen molar-refractivity contribution in [2.75, 3.05) is 20.2 Å². The van der Waals surface area contributed by atoms with Crippen molar-refractivity contribution in [2.45, 2.75) is 70.1 Å². The van der Waals surface area contributed by atoms with E-state index >= 15 is 0 Å². The van der Waals surface area contributed by atoms with Crippen LogP contribution in [0.4, 0.5) is 0 Å². The monoisotopic (exact) mass is 461 g/mol. The number of hydrogen-bond acceptors (Lipinski definition) is 4. The van der Waals surface area contributed by atoms with E-state index in [1.807, 2.05) is 0 Å². The van der Waals surface area contributed by atoms with Gasteiger partial charge < -0.3 is 14.4 Å². The molecule has 1 aliphatic heterocycles. The fourth-order valence-electron chi connectivity index (χ4n) is 5.58. The van der Waals surface area contributed by atoms with E-state index in [-0.39, 0.29) is 5.97 Å². The minimum Gasteiger partial charge on any atom is -0.469 e. The van der Waals surface area contributed by atoms with E-state index in [0.717, 1.165) is 25.7 Å².